The van der Waals surface area contributed by atoms with Crippen LogP contribution in [0.5, 0.6) is 0 Å². The van der Waals surface area contributed by atoms with Crippen LogP contribution < -0.4 is 0 Å². The lowest BCUT2D eigenvalue weighted by molar-refractivity contribution is -0.191. The molecule has 0 aromatic heterocycles. The third kappa shape index (κ3) is 3.76. The maximum Gasteiger partial charge on any atom is 0.305 e. The summed E-state index contributed by atoms with van der Waals surface area (Å²) in [5, 5.41) is 0. The molecule has 1 rings (SSSR count). The lowest BCUT2D eigenvalue weighted by atomic mass is 9.83. The topological polar surface area (TPSA) is 44.8 Å². The summed E-state index contributed by atoms with van der Waals surface area (Å²) in [6.45, 7) is 5.40. The lowest BCUT2D eigenvalue weighted by Crippen LogP contribution is -2.36. The van der Waals surface area contributed by atoms with Crippen molar-refractivity contribution < 1.29 is 19.0 Å². The number of rotatable bonds is 5. The summed E-state index contributed by atoms with van der Waals surface area (Å²) >= 11 is 0. The molecular formula is C12H22O4. The van der Waals surface area contributed by atoms with E-state index in [9.17, 15) is 4.79 Å². The second kappa shape index (κ2) is 6.86. The number of ether oxygens (including phenoxy) is 3. The van der Waals surface area contributed by atoms with Crippen LogP contribution in [0.25, 0.3) is 0 Å². The van der Waals surface area contributed by atoms with Crippen molar-refractivity contribution in [2.24, 2.45) is 11.8 Å². The Hall–Kier alpha value is -0.610. The number of methoxy groups -OCH3 is 1. The molecule has 0 saturated carbocycles. The minimum atomic E-state index is -0.151. The van der Waals surface area contributed by atoms with Gasteiger partial charge in [0, 0.05) is 19.4 Å². The third-order valence-corrected chi connectivity index (χ3v) is 3.19. The Morgan fingerprint density at radius 3 is 2.69 bits per heavy atom. The van der Waals surface area contributed by atoms with Crippen LogP contribution in [0.1, 0.15) is 33.1 Å². The van der Waals surface area contributed by atoms with Crippen LogP contribution in [0.4, 0.5) is 0 Å². The predicted molar refractivity (Wildman–Crippen MR) is 59.9 cm³/mol. The first-order chi connectivity index (χ1) is 7.71. The van der Waals surface area contributed by atoms with Crippen molar-refractivity contribution in [3.63, 3.8) is 0 Å². The first kappa shape index (κ1) is 13.5. The summed E-state index contributed by atoms with van der Waals surface area (Å²) in [5.74, 6) is 0.624. The minimum absolute atomic E-state index is 0.138. The zero-order valence-electron chi connectivity index (χ0n) is 10.4. The standard InChI is InChI=1S/C12H22O4/c1-4-9-8-16-12(15-5-2)7-10(9)6-11(13)14-3/h9-10,12H,4-8H2,1-3H3/t9-,10-,12?/m0/s1. The van der Waals surface area contributed by atoms with Crippen LogP contribution in [-0.2, 0) is 19.0 Å². The second-order valence-electron chi connectivity index (χ2n) is 4.16. The van der Waals surface area contributed by atoms with E-state index >= 15 is 0 Å². The molecule has 0 radical (unpaired) electrons. The van der Waals surface area contributed by atoms with E-state index in [0.717, 1.165) is 12.8 Å². The minimum Gasteiger partial charge on any atom is -0.469 e. The molecule has 4 heteroatoms. The molecule has 16 heavy (non-hydrogen) atoms. The van der Waals surface area contributed by atoms with Crippen LogP contribution in [0, 0.1) is 11.8 Å². The van der Waals surface area contributed by atoms with Gasteiger partial charge in [-0.1, -0.05) is 13.3 Å². The van der Waals surface area contributed by atoms with Crippen LogP contribution in [0.2, 0.25) is 0 Å². The van der Waals surface area contributed by atoms with E-state index in [1.807, 2.05) is 6.92 Å². The summed E-state index contributed by atoms with van der Waals surface area (Å²) in [5.41, 5.74) is 0. The van der Waals surface area contributed by atoms with E-state index < -0.39 is 0 Å². The van der Waals surface area contributed by atoms with Gasteiger partial charge in [0.2, 0.25) is 0 Å². The lowest BCUT2D eigenvalue weighted by Gasteiger charge is -2.35. The highest BCUT2D eigenvalue weighted by Gasteiger charge is 2.32. The van der Waals surface area contributed by atoms with Crippen molar-refractivity contribution in [2.45, 2.75) is 39.4 Å². The Morgan fingerprint density at radius 1 is 1.38 bits per heavy atom. The van der Waals surface area contributed by atoms with E-state index in [1.165, 1.54) is 7.11 Å². The van der Waals surface area contributed by atoms with Gasteiger partial charge >= 0.3 is 5.97 Å². The second-order valence-corrected chi connectivity index (χ2v) is 4.16. The van der Waals surface area contributed by atoms with Crippen molar-refractivity contribution in [2.75, 3.05) is 20.3 Å². The third-order valence-electron chi connectivity index (χ3n) is 3.19. The average Bonchev–Trinajstić information content (AvgIpc) is 2.30. The Labute approximate surface area is 97.2 Å². The zero-order valence-corrected chi connectivity index (χ0v) is 10.4. The van der Waals surface area contributed by atoms with Gasteiger partial charge in [0.05, 0.1) is 13.7 Å². The number of carbonyl (C=O) groups excluding carboxylic acids is 1. The van der Waals surface area contributed by atoms with Gasteiger partial charge in [0.25, 0.3) is 0 Å². The Kier molecular flexibility index (Phi) is 5.77. The first-order valence-electron chi connectivity index (χ1n) is 6.01. The quantitative estimate of drug-likeness (QED) is 0.677. The van der Waals surface area contributed by atoms with E-state index in [1.54, 1.807) is 0 Å². The van der Waals surface area contributed by atoms with Gasteiger partial charge < -0.3 is 14.2 Å². The van der Waals surface area contributed by atoms with Gasteiger partial charge in [-0.2, -0.15) is 0 Å². The zero-order chi connectivity index (χ0) is 12.0. The van der Waals surface area contributed by atoms with Crippen LogP contribution in [0.15, 0.2) is 0 Å². The molecule has 1 fully saturated rings. The van der Waals surface area contributed by atoms with Crippen LogP contribution in [0.3, 0.4) is 0 Å². The van der Waals surface area contributed by atoms with Crippen LogP contribution >= 0.6 is 0 Å². The maximum atomic E-state index is 11.3. The molecule has 0 spiro atoms. The molecule has 0 aliphatic carbocycles. The molecule has 3 atom stereocenters. The summed E-state index contributed by atoms with van der Waals surface area (Å²) in [4.78, 5) is 11.3. The fraction of sp³-hybridized carbons (Fsp3) is 0.917. The Bertz CT molecular complexity index is 217. The molecule has 1 aliphatic heterocycles. The van der Waals surface area contributed by atoms with Crippen molar-refractivity contribution in [1.29, 1.82) is 0 Å². The van der Waals surface area contributed by atoms with Gasteiger partial charge in [-0.05, 0) is 18.8 Å². The molecule has 94 valence electrons. The number of esters is 1. The van der Waals surface area contributed by atoms with Crippen molar-refractivity contribution in [1.82, 2.24) is 0 Å². The molecule has 4 nitrogen and oxygen atoms in total. The largest absolute Gasteiger partial charge is 0.469 e. The highest BCUT2D eigenvalue weighted by molar-refractivity contribution is 5.69. The molecule has 0 aromatic carbocycles. The Morgan fingerprint density at radius 2 is 2.12 bits per heavy atom. The van der Waals surface area contributed by atoms with Crippen molar-refractivity contribution in [3.05, 3.63) is 0 Å². The molecule has 1 heterocycles. The highest BCUT2D eigenvalue weighted by atomic mass is 16.7. The fourth-order valence-corrected chi connectivity index (χ4v) is 2.18. The highest BCUT2D eigenvalue weighted by Crippen LogP contribution is 2.31. The van der Waals surface area contributed by atoms with Gasteiger partial charge in [0.15, 0.2) is 6.29 Å². The molecule has 1 saturated heterocycles. The molecule has 0 N–H and O–H groups in total. The van der Waals surface area contributed by atoms with Crippen LogP contribution in [-0.4, -0.2) is 32.6 Å². The Balaban J connectivity index is 2.49. The van der Waals surface area contributed by atoms with Gasteiger partial charge in [0.1, 0.15) is 0 Å². The average molecular weight is 230 g/mol. The predicted octanol–water partition coefficient (Wildman–Crippen LogP) is 1.97. The number of carbonyl (C=O) groups is 1. The maximum absolute atomic E-state index is 11.3. The summed E-state index contributed by atoms with van der Waals surface area (Å²) in [6, 6.07) is 0. The molecular weight excluding hydrogens is 208 g/mol. The van der Waals surface area contributed by atoms with Gasteiger partial charge in [-0.15, -0.1) is 0 Å². The van der Waals surface area contributed by atoms with Gasteiger partial charge in [-0.25, -0.2) is 0 Å². The van der Waals surface area contributed by atoms with E-state index in [-0.39, 0.29) is 12.3 Å². The fourth-order valence-electron chi connectivity index (χ4n) is 2.18. The monoisotopic (exact) mass is 230 g/mol. The summed E-state index contributed by atoms with van der Waals surface area (Å²) in [6.07, 6.45) is 2.15. The molecule has 0 aromatic rings. The van der Waals surface area contributed by atoms with E-state index in [0.29, 0.717) is 31.5 Å². The number of hydrogen-bond acceptors (Lipinski definition) is 4. The van der Waals surface area contributed by atoms with Gasteiger partial charge in [-0.3, -0.25) is 4.79 Å². The van der Waals surface area contributed by atoms with Crippen molar-refractivity contribution in [3.8, 4) is 0 Å². The molecule has 1 aliphatic rings. The normalized spacial score (nSPS) is 30.1. The van der Waals surface area contributed by atoms with E-state index in [2.05, 4.69) is 6.92 Å². The number of hydrogen-bond donors (Lipinski definition) is 0. The van der Waals surface area contributed by atoms with Crippen molar-refractivity contribution >= 4 is 5.97 Å². The molecule has 0 amide bonds. The smallest absolute Gasteiger partial charge is 0.305 e. The van der Waals surface area contributed by atoms with E-state index in [4.69, 9.17) is 14.2 Å². The first-order valence-corrected chi connectivity index (χ1v) is 6.01. The summed E-state index contributed by atoms with van der Waals surface area (Å²) in [7, 11) is 1.43. The molecule has 1 unspecified atom stereocenters. The molecule has 0 bridgehead atoms. The summed E-state index contributed by atoms with van der Waals surface area (Å²) < 4.78 is 15.8. The SMILES string of the molecule is CCOC1C[C@H](CC(=O)OC)[C@@H](CC)CO1.